The van der Waals surface area contributed by atoms with Gasteiger partial charge in [0.15, 0.2) is 5.13 Å². The summed E-state index contributed by atoms with van der Waals surface area (Å²) in [6.07, 6.45) is 2.27. The van der Waals surface area contributed by atoms with Crippen molar-refractivity contribution in [3.63, 3.8) is 0 Å². The van der Waals surface area contributed by atoms with Gasteiger partial charge in [-0.1, -0.05) is 30.3 Å². The molecule has 0 radical (unpaired) electrons. The van der Waals surface area contributed by atoms with Crippen molar-refractivity contribution >= 4 is 34.3 Å². The number of anilines is 1. The van der Waals surface area contributed by atoms with Crippen LogP contribution in [0, 0.1) is 0 Å². The highest BCUT2D eigenvalue weighted by Crippen LogP contribution is 2.40. The highest BCUT2D eigenvalue weighted by Gasteiger charge is 2.49. The number of thiazole rings is 1. The molecule has 1 aliphatic heterocycles. The number of rotatable bonds is 5. The fourth-order valence-corrected chi connectivity index (χ4v) is 3.83. The Morgan fingerprint density at radius 1 is 1.35 bits per heavy atom. The van der Waals surface area contributed by atoms with Gasteiger partial charge >= 0.3 is 6.03 Å². The van der Waals surface area contributed by atoms with Crippen molar-refractivity contribution in [1.29, 1.82) is 0 Å². The predicted octanol–water partition coefficient (Wildman–Crippen LogP) is 2.43. The van der Waals surface area contributed by atoms with Gasteiger partial charge in [0.25, 0.3) is 5.91 Å². The molecule has 0 spiro atoms. The first-order chi connectivity index (χ1) is 12.5. The fourth-order valence-electron chi connectivity index (χ4n) is 3.02. The number of imide groups is 1. The highest BCUT2D eigenvalue weighted by molar-refractivity contribution is 7.13. The standard InChI is InChI=1S/C18H18N4O3S/c1-18(12-5-3-2-4-6-12)15(24)22(17(25)21-18)9-14(23)20-16-19-13(10-26-16)11-7-8-11/h2-6,10-11H,7-9H2,1H3,(H,21,25)(H,19,20,23). The molecular formula is C18H18N4O3S. The number of hydrogen-bond acceptors (Lipinski definition) is 5. The Bertz CT molecular complexity index is 878. The maximum Gasteiger partial charge on any atom is 0.325 e. The molecule has 134 valence electrons. The van der Waals surface area contributed by atoms with Gasteiger partial charge in [0, 0.05) is 11.3 Å². The van der Waals surface area contributed by atoms with E-state index >= 15 is 0 Å². The Kier molecular flexibility index (Phi) is 3.99. The van der Waals surface area contributed by atoms with Crippen LogP contribution in [-0.4, -0.2) is 34.3 Å². The molecule has 2 aromatic rings. The number of nitrogens with one attached hydrogen (secondary N) is 2. The summed E-state index contributed by atoms with van der Waals surface area (Å²) < 4.78 is 0. The summed E-state index contributed by atoms with van der Waals surface area (Å²) in [5.41, 5.74) is 0.506. The van der Waals surface area contributed by atoms with Crippen LogP contribution >= 0.6 is 11.3 Å². The largest absolute Gasteiger partial charge is 0.325 e. The second-order valence-electron chi connectivity index (χ2n) is 6.71. The monoisotopic (exact) mass is 370 g/mol. The van der Waals surface area contributed by atoms with E-state index in [2.05, 4.69) is 15.6 Å². The van der Waals surface area contributed by atoms with E-state index in [4.69, 9.17) is 0 Å². The zero-order valence-electron chi connectivity index (χ0n) is 14.2. The number of urea groups is 1. The summed E-state index contributed by atoms with van der Waals surface area (Å²) in [4.78, 5) is 42.7. The summed E-state index contributed by atoms with van der Waals surface area (Å²) in [5, 5.41) is 7.80. The van der Waals surface area contributed by atoms with E-state index in [0.717, 1.165) is 23.4 Å². The van der Waals surface area contributed by atoms with E-state index in [1.807, 2.05) is 11.4 Å². The number of benzene rings is 1. The Morgan fingerprint density at radius 2 is 2.08 bits per heavy atom. The predicted molar refractivity (Wildman–Crippen MR) is 96.8 cm³/mol. The Balaban J connectivity index is 1.44. The van der Waals surface area contributed by atoms with Crippen LogP contribution in [0.1, 0.15) is 36.9 Å². The quantitative estimate of drug-likeness (QED) is 0.791. The molecule has 2 N–H and O–H groups in total. The number of carbonyl (C=O) groups is 3. The van der Waals surface area contributed by atoms with E-state index in [9.17, 15) is 14.4 Å². The third kappa shape index (κ3) is 2.96. The minimum Gasteiger partial charge on any atom is -0.319 e. The van der Waals surface area contributed by atoms with Crippen molar-refractivity contribution < 1.29 is 14.4 Å². The lowest BCUT2D eigenvalue weighted by Crippen LogP contribution is -2.42. The maximum absolute atomic E-state index is 12.8. The van der Waals surface area contributed by atoms with Crippen LogP contribution in [0.5, 0.6) is 0 Å². The van der Waals surface area contributed by atoms with Gasteiger partial charge < -0.3 is 10.6 Å². The summed E-state index contributed by atoms with van der Waals surface area (Å²) in [7, 11) is 0. The van der Waals surface area contributed by atoms with Crippen molar-refractivity contribution in [3.8, 4) is 0 Å². The zero-order chi connectivity index (χ0) is 18.3. The van der Waals surface area contributed by atoms with Gasteiger partial charge in [-0.2, -0.15) is 0 Å². The Hall–Kier alpha value is -2.74. The van der Waals surface area contributed by atoms with Crippen molar-refractivity contribution in [2.24, 2.45) is 0 Å². The van der Waals surface area contributed by atoms with Crippen LogP contribution in [0.4, 0.5) is 9.93 Å². The molecule has 4 amide bonds. The molecule has 1 aliphatic carbocycles. The molecule has 1 atom stereocenters. The fraction of sp³-hybridized carbons (Fsp3) is 0.333. The first-order valence-corrected chi connectivity index (χ1v) is 9.30. The van der Waals surface area contributed by atoms with Gasteiger partial charge in [0.2, 0.25) is 5.91 Å². The lowest BCUT2D eigenvalue weighted by atomic mass is 9.92. The second kappa shape index (κ2) is 6.21. The molecule has 4 rings (SSSR count). The van der Waals surface area contributed by atoms with Crippen molar-refractivity contribution in [3.05, 3.63) is 47.0 Å². The Morgan fingerprint density at radius 3 is 2.77 bits per heavy atom. The average molecular weight is 370 g/mol. The first-order valence-electron chi connectivity index (χ1n) is 8.42. The van der Waals surface area contributed by atoms with Gasteiger partial charge in [-0.3, -0.25) is 14.5 Å². The molecule has 2 fully saturated rings. The smallest absolute Gasteiger partial charge is 0.319 e. The van der Waals surface area contributed by atoms with Crippen LogP contribution in [0.3, 0.4) is 0 Å². The topological polar surface area (TPSA) is 91.4 Å². The van der Waals surface area contributed by atoms with E-state index in [-0.39, 0.29) is 6.54 Å². The van der Waals surface area contributed by atoms with Crippen LogP contribution in [0.2, 0.25) is 0 Å². The van der Waals surface area contributed by atoms with Gasteiger partial charge in [-0.25, -0.2) is 9.78 Å². The molecule has 1 unspecified atom stereocenters. The Labute approximate surface area is 154 Å². The third-order valence-corrected chi connectivity index (χ3v) is 5.47. The number of carbonyl (C=O) groups excluding carboxylic acids is 3. The van der Waals surface area contributed by atoms with Gasteiger partial charge in [0.1, 0.15) is 12.1 Å². The molecule has 2 aliphatic rings. The molecule has 2 heterocycles. The maximum atomic E-state index is 12.8. The first kappa shape index (κ1) is 16.7. The van der Waals surface area contributed by atoms with E-state index in [0.29, 0.717) is 16.6 Å². The highest BCUT2D eigenvalue weighted by atomic mass is 32.1. The summed E-state index contributed by atoms with van der Waals surface area (Å²) in [6, 6.07) is 8.41. The SMILES string of the molecule is CC1(c2ccccc2)NC(=O)N(CC(=O)Nc2nc(C3CC3)cs2)C1=O. The minimum atomic E-state index is -1.17. The number of hydrogen-bond donors (Lipinski definition) is 2. The van der Waals surface area contributed by atoms with Crippen molar-refractivity contribution in [1.82, 2.24) is 15.2 Å². The lowest BCUT2D eigenvalue weighted by molar-refractivity contribution is -0.133. The minimum absolute atomic E-state index is 0.342. The summed E-state index contributed by atoms with van der Waals surface area (Å²) in [6.45, 7) is 1.30. The second-order valence-corrected chi connectivity index (χ2v) is 7.57. The van der Waals surface area contributed by atoms with Crippen LogP contribution in [-0.2, 0) is 15.1 Å². The van der Waals surface area contributed by atoms with E-state index in [1.54, 1.807) is 31.2 Å². The number of aromatic nitrogens is 1. The van der Waals surface area contributed by atoms with Gasteiger partial charge in [0.05, 0.1) is 5.69 Å². The number of amides is 4. The molecule has 1 aromatic carbocycles. The molecular weight excluding hydrogens is 352 g/mol. The normalized spacial score (nSPS) is 22.4. The average Bonchev–Trinajstić information content (AvgIpc) is 3.34. The molecule has 1 saturated carbocycles. The van der Waals surface area contributed by atoms with Crippen LogP contribution in [0.25, 0.3) is 0 Å². The summed E-state index contributed by atoms with van der Waals surface area (Å²) >= 11 is 1.36. The van der Waals surface area contributed by atoms with Crippen molar-refractivity contribution in [2.45, 2.75) is 31.2 Å². The number of nitrogens with zero attached hydrogens (tertiary/aromatic N) is 2. The van der Waals surface area contributed by atoms with Crippen molar-refractivity contribution in [2.75, 3.05) is 11.9 Å². The molecule has 7 nitrogen and oxygen atoms in total. The van der Waals surface area contributed by atoms with E-state index in [1.165, 1.54) is 11.3 Å². The molecule has 26 heavy (non-hydrogen) atoms. The molecule has 8 heteroatoms. The lowest BCUT2D eigenvalue weighted by Gasteiger charge is -2.21. The van der Waals surface area contributed by atoms with Gasteiger partial charge in [-0.05, 0) is 25.3 Å². The molecule has 0 bridgehead atoms. The third-order valence-electron chi connectivity index (χ3n) is 4.69. The molecule has 1 aromatic heterocycles. The zero-order valence-corrected chi connectivity index (χ0v) is 15.0. The van der Waals surface area contributed by atoms with Crippen LogP contribution in [0.15, 0.2) is 35.7 Å². The summed E-state index contributed by atoms with van der Waals surface area (Å²) in [5.74, 6) is -0.376. The van der Waals surface area contributed by atoms with Gasteiger partial charge in [-0.15, -0.1) is 11.3 Å². The van der Waals surface area contributed by atoms with E-state index < -0.39 is 23.4 Å². The van der Waals surface area contributed by atoms with Crippen LogP contribution < -0.4 is 10.6 Å². The molecule has 1 saturated heterocycles.